The van der Waals surface area contributed by atoms with Gasteiger partial charge in [0, 0.05) is 37.0 Å². The molecule has 4 heteroatoms. The minimum Gasteiger partial charge on any atom is -0.489 e. The maximum absolute atomic E-state index is 10.7. The Balaban J connectivity index is 1.40. The first-order valence-corrected chi connectivity index (χ1v) is 12.2. The van der Waals surface area contributed by atoms with Gasteiger partial charge in [-0.2, -0.15) is 0 Å². The van der Waals surface area contributed by atoms with E-state index in [-0.39, 0.29) is 6.42 Å². The fourth-order valence-electron chi connectivity index (χ4n) is 4.06. The van der Waals surface area contributed by atoms with Gasteiger partial charge in [-0.25, -0.2) is 0 Å². The molecule has 0 radical (unpaired) electrons. The minimum absolute atomic E-state index is 0.138. The number of para-hydroxylation sites is 1. The van der Waals surface area contributed by atoms with Crippen molar-refractivity contribution in [1.29, 1.82) is 0 Å². The van der Waals surface area contributed by atoms with E-state index in [9.17, 15) is 4.79 Å². The van der Waals surface area contributed by atoms with Gasteiger partial charge in [-0.1, -0.05) is 67.4 Å². The summed E-state index contributed by atoms with van der Waals surface area (Å²) in [6.45, 7) is 3.44. The number of aliphatic carboxylic acids is 1. The third-order valence-corrected chi connectivity index (χ3v) is 5.99. The van der Waals surface area contributed by atoms with Crippen molar-refractivity contribution in [1.82, 2.24) is 4.57 Å². The van der Waals surface area contributed by atoms with E-state index in [2.05, 4.69) is 77.9 Å². The number of carboxylic acid groups (broad SMARTS) is 1. The van der Waals surface area contributed by atoms with Crippen LogP contribution in [0.2, 0.25) is 0 Å². The molecule has 0 saturated carbocycles. The molecule has 0 unspecified atom stereocenters. The summed E-state index contributed by atoms with van der Waals surface area (Å²) < 4.78 is 8.29. The van der Waals surface area contributed by atoms with Crippen LogP contribution in [0.1, 0.15) is 48.6 Å². The lowest BCUT2D eigenvalue weighted by Gasteiger charge is -2.11. The second-order valence-corrected chi connectivity index (χ2v) is 8.70. The summed E-state index contributed by atoms with van der Waals surface area (Å²) in [6, 6.07) is 27.0. The van der Waals surface area contributed by atoms with Crippen molar-refractivity contribution in [2.24, 2.45) is 0 Å². The molecule has 4 nitrogen and oxygen atoms in total. The molecule has 0 amide bonds. The van der Waals surface area contributed by atoms with E-state index < -0.39 is 5.97 Å². The van der Waals surface area contributed by atoms with Crippen molar-refractivity contribution in [3.8, 4) is 17.6 Å². The van der Waals surface area contributed by atoms with Gasteiger partial charge in [0.25, 0.3) is 0 Å². The molecule has 0 atom stereocenters. The number of hydrogen-bond donors (Lipinski definition) is 1. The lowest BCUT2D eigenvalue weighted by molar-refractivity contribution is -0.136. The van der Waals surface area contributed by atoms with Crippen LogP contribution in [-0.4, -0.2) is 15.6 Å². The molecule has 0 aliphatic heterocycles. The standard InChI is InChI=1S/C31H31NO3/c1-2-3-4-5-9-28-21-27-8-6-7-10-30(27)32(28)22-25-11-13-26(14-12-25)23-35-29-18-15-24(16-19-29)17-20-31(33)34/h6-8,10-16,18-19,21H,2-3,9,17,20,22-23H2,1H3,(H,33,34). The fraction of sp³-hybridized carbons (Fsp3) is 0.258. The number of hydrogen-bond acceptors (Lipinski definition) is 2. The molecule has 1 heterocycles. The summed E-state index contributed by atoms with van der Waals surface area (Å²) in [5, 5.41) is 10.1. The number of rotatable bonds is 10. The Morgan fingerprint density at radius 1 is 0.914 bits per heavy atom. The number of fused-ring (bicyclic) bond motifs is 1. The van der Waals surface area contributed by atoms with Crippen LogP contribution in [-0.2, 0) is 30.8 Å². The third-order valence-electron chi connectivity index (χ3n) is 5.99. The number of ether oxygens (including phenoxy) is 1. The molecule has 1 aromatic heterocycles. The van der Waals surface area contributed by atoms with Gasteiger partial charge in [0.05, 0.1) is 0 Å². The zero-order valence-corrected chi connectivity index (χ0v) is 20.2. The van der Waals surface area contributed by atoms with E-state index in [1.807, 2.05) is 24.3 Å². The normalized spacial score (nSPS) is 10.7. The molecule has 3 aromatic carbocycles. The Hall–Kier alpha value is -3.97. The first-order chi connectivity index (χ1) is 17.1. The van der Waals surface area contributed by atoms with E-state index in [0.717, 1.165) is 42.7 Å². The second kappa shape index (κ2) is 11.9. The Kier molecular flexibility index (Phi) is 8.25. The van der Waals surface area contributed by atoms with Crippen molar-refractivity contribution < 1.29 is 14.6 Å². The SMILES string of the molecule is CCCC#CCc1cc2ccccc2n1Cc1ccc(COc2ccc(CCC(=O)O)cc2)cc1. The van der Waals surface area contributed by atoms with Crippen LogP contribution in [0.25, 0.3) is 10.9 Å². The largest absolute Gasteiger partial charge is 0.489 e. The lowest BCUT2D eigenvalue weighted by atomic mass is 10.1. The summed E-state index contributed by atoms with van der Waals surface area (Å²) >= 11 is 0. The molecule has 0 bridgehead atoms. The lowest BCUT2D eigenvalue weighted by Crippen LogP contribution is -2.04. The predicted octanol–water partition coefficient (Wildman–Crippen LogP) is 6.63. The first kappa shape index (κ1) is 24.2. The molecule has 0 saturated heterocycles. The van der Waals surface area contributed by atoms with Crippen LogP contribution in [0, 0.1) is 11.8 Å². The van der Waals surface area contributed by atoms with E-state index in [0.29, 0.717) is 13.0 Å². The number of aryl methyl sites for hydroxylation is 1. The average molecular weight is 466 g/mol. The Morgan fingerprint density at radius 2 is 1.63 bits per heavy atom. The number of benzene rings is 3. The van der Waals surface area contributed by atoms with Gasteiger partial charge in [-0.15, -0.1) is 5.92 Å². The molecule has 0 aliphatic carbocycles. The van der Waals surface area contributed by atoms with Crippen molar-refractivity contribution in [2.45, 2.75) is 52.2 Å². The van der Waals surface area contributed by atoms with Crippen molar-refractivity contribution in [2.75, 3.05) is 0 Å². The van der Waals surface area contributed by atoms with Crippen LogP contribution in [0.5, 0.6) is 5.75 Å². The molecular weight excluding hydrogens is 434 g/mol. The van der Waals surface area contributed by atoms with Crippen molar-refractivity contribution in [3.63, 3.8) is 0 Å². The van der Waals surface area contributed by atoms with Gasteiger partial charge >= 0.3 is 5.97 Å². The van der Waals surface area contributed by atoms with Gasteiger partial charge in [0.2, 0.25) is 0 Å². The highest BCUT2D eigenvalue weighted by molar-refractivity contribution is 5.81. The molecule has 0 fully saturated rings. The number of carboxylic acids is 1. The number of unbranched alkanes of at least 4 members (excludes halogenated alkanes) is 1. The quantitative estimate of drug-likeness (QED) is 0.267. The maximum atomic E-state index is 10.7. The van der Waals surface area contributed by atoms with Gasteiger partial charge in [-0.05, 0) is 59.2 Å². The topological polar surface area (TPSA) is 51.5 Å². The molecule has 35 heavy (non-hydrogen) atoms. The zero-order chi connectivity index (χ0) is 24.5. The highest BCUT2D eigenvalue weighted by Crippen LogP contribution is 2.22. The average Bonchev–Trinajstić information content (AvgIpc) is 3.22. The van der Waals surface area contributed by atoms with Crippen LogP contribution < -0.4 is 4.74 Å². The highest BCUT2D eigenvalue weighted by atomic mass is 16.5. The van der Waals surface area contributed by atoms with Crippen molar-refractivity contribution in [3.05, 3.63) is 101 Å². The van der Waals surface area contributed by atoms with Gasteiger partial charge in [0.1, 0.15) is 12.4 Å². The van der Waals surface area contributed by atoms with Crippen LogP contribution in [0.3, 0.4) is 0 Å². The molecular formula is C31H31NO3. The summed E-state index contributed by atoms with van der Waals surface area (Å²) in [7, 11) is 0. The first-order valence-electron chi connectivity index (χ1n) is 12.2. The van der Waals surface area contributed by atoms with Gasteiger partial charge in [0.15, 0.2) is 0 Å². The van der Waals surface area contributed by atoms with Gasteiger partial charge in [-0.3, -0.25) is 4.79 Å². The molecule has 178 valence electrons. The number of aromatic nitrogens is 1. The molecule has 0 spiro atoms. The summed E-state index contributed by atoms with van der Waals surface area (Å²) in [6.07, 6.45) is 3.46. The molecule has 0 aliphatic rings. The van der Waals surface area contributed by atoms with Gasteiger partial charge < -0.3 is 14.4 Å². The Labute approximate surface area is 207 Å². The molecule has 4 aromatic rings. The van der Waals surface area contributed by atoms with Crippen LogP contribution in [0.4, 0.5) is 0 Å². The van der Waals surface area contributed by atoms with E-state index in [1.54, 1.807) is 0 Å². The third kappa shape index (κ3) is 6.77. The second-order valence-electron chi connectivity index (χ2n) is 8.70. The summed E-state index contributed by atoms with van der Waals surface area (Å²) in [5.41, 5.74) is 5.82. The van der Waals surface area contributed by atoms with E-state index in [1.165, 1.54) is 22.2 Å². The smallest absolute Gasteiger partial charge is 0.303 e. The summed E-state index contributed by atoms with van der Waals surface area (Å²) in [4.78, 5) is 10.7. The monoisotopic (exact) mass is 465 g/mol. The molecule has 1 N–H and O–H groups in total. The maximum Gasteiger partial charge on any atom is 0.303 e. The van der Waals surface area contributed by atoms with Crippen LogP contribution in [0.15, 0.2) is 78.9 Å². The Bertz CT molecular complexity index is 1320. The predicted molar refractivity (Wildman–Crippen MR) is 141 cm³/mol. The minimum atomic E-state index is -0.782. The van der Waals surface area contributed by atoms with Crippen molar-refractivity contribution >= 4 is 16.9 Å². The van der Waals surface area contributed by atoms with E-state index in [4.69, 9.17) is 9.84 Å². The Morgan fingerprint density at radius 3 is 2.37 bits per heavy atom. The number of carbonyl (C=O) groups is 1. The number of nitrogens with zero attached hydrogens (tertiary/aromatic N) is 1. The fourth-order valence-corrected chi connectivity index (χ4v) is 4.06. The highest BCUT2D eigenvalue weighted by Gasteiger charge is 2.09. The van der Waals surface area contributed by atoms with E-state index >= 15 is 0 Å². The zero-order valence-electron chi connectivity index (χ0n) is 20.2. The molecule has 4 rings (SSSR count). The van der Waals surface area contributed by atoms with Crippen LogP contribution >= 0.6 is 0 Å². The summed E-state index contributed by atoms with van der Waals surface area (Å²) in [5.74, 6) is 6.60.